The van der Waals surface area contributed by atoms with Gasteiger partial charge in [0.05, 0.1) is 0 Å². The van der Waals surface area contributed by atoms with Gasteiger partial charge in [-0.3, -0.25) is 0 Å². The molecule has 2 heterocycles. The molecule has 0 spiro atoms. The monoisotopic (exact) mass is 288 g/mol. The third-order valence-electron chi connectivity index (χ3n) is 4.79. The van der Waals surface area contributed by atoms with Crippen molar-refractivity contribution in [1.82, 2.24) is 4.57 Å². The van der Waals surface area contributed by atoms with E-state index in [2.05, 4.69) is 78.7 Å². The van der Waals surface area contributed by atoms with Crippen LogP contribution in [0.15, 0.2) is 55.2 Å². The highest BCUT2D eigenvalue weighted by molar-refractivity contribution is 5.89. The van der Waals surface area contributed by atoms with Gasteiger partial charge < -0.3 is 9.47 Å². The summed E-state index contributed by atoms with van der Waals surface area (Å²) in [4.78, 5) is 2.33. The van der Waals surface area contributed by atoms with Crippen LogP contribution in [0.3, 0.4) is 0 Å². The fourth-order valence-corrected chi connectivity index (χ4v) is 3.49. The highest BCUT2D eigenvalue weighted by atomic mass is 15.2. The first-order valence-corrected chi connectivity index (χ1v) is 7.81. The Morgan fingerprint density at radius 2 is 2.00 bits per heavy atom. The van der Waals surface area contributed by atoms with E-state index in [1.807, 2.05) is 0 Å². The van der Waals surface area contributed by atoms with Crippen molar-refractivity contribution in [2.75, 3.05) is 4.90 Å². The van der Waals surface area contributed by atoms with E-state index in [0.29, 0.717) is 0 Å². The van der Waals surface area contributed by atoms with Crippen LogP contribution in [-0.4, -0.2) is 4.57 Å². The van der Waals surface area contributed by atoms with E-state index in [1.54, 1.807) is 0 Å². The van der Waals surface area contributed by atoms with Crippen LogP contribution in [0.5, 0.6) is 0 Å². The number of aryl methyl sites for hydroxylation is 2. The van der Waals surface area contributed by atoms with Gasteiger partial charge in [0.25, 0.3) is 0 Å². The van der Waals surface area contributed by atoms with Crippen molar-refractivity contribution in [1.29, 1.82) is 0 Å². The fraction of sp³-hybridized carbons (Fsp3) is 0.200. The Labute approximate surface area is 131 Å². The summed E-state index contributed by atoms with van der Waals surface area (Å²) in [6.07, 6.45) is 3.18. The highest BCUT2D eigenvalue weighted by Crippen LogP contribution is 2.38. The van der Waals surface area contributed by atoms with Crippen molar-refractivity contribution in [3.8, 4) is 0 Å². The number of nitrogens with zero attached hydrogens (tertiary/aromatic N) is 2. The van der Waals surface area contributed by atoms with Crippen LogP contribution in [0.1, 0.15) is 23.6 Å². The molecule has 110 valence electrons. The minimum atomic E-state index is 0.925. The van der Waals surface area contributed by atoms with Crippen molar-refractivity contribution in [3.05, 3.63) is 71.9 Å². The molecule has 0 bridgehead atoms. The van der Waals surface area contributed by atoms with Gasteiger partial charge in [-0.1, -0.05) is 37.8 Å². The third-order valence-corrected chi connectivity index (χ3v) is 4.79. The van der Waals surface area contributed by atoms with Crippen LogP contribution in [0, 0.1) is 0 Å². The molecule has 0 fully saturated rings. The summed E-state index contributed by atoms with van der Waals surface area (Å²) in [5.74, 6) is 0. The first kappa shape index (κ1) is 13.2. The van der Waals surface area contributed by atoms with Crippen molar-refractivity contribution in [3.63, 3.8) is 0 Å². The molecule has 0 amide bonds. The Balaban J connectivity index is 1.80. The SMILES string of the molecule is C=C1c2cccc(CC)c2CN1c1ccc2ccn(C)c2c1. The summed E-state index contributed by atoms with van der Waals surface area (Å²) >= 11 is 0. The largest absolute Gasteiger partial charge is 0.350 e. The average Bonchev–Trinajstić information content (AvgIpc) is 3.08. The number of anilines is 1. The van der Waals surface area contributed by atoms with Crippen molar-refractivity contribution >= 4 is 22.3 Å². The van der Waals surface area contributed by atoms with E-state index in [-0.39, 0.29) is 0 Å². The molecular formula is C20H20N2. The van der Waals surface area contributed by atoms with Crippen molar-refractivity contribution in [2.45, 2.75) is 19.9 Å². The summed E-state index contributed by atoms with van der Waals surface area (Å²) in [6.45, 7) is 7.48. The van der Waals surface area contributed by atoms with Gasteiger partial charge in [-0.25, -0.2) is 0 Å². The molecule has 22 heavy (non-hydrogen) atoms. The van der Waals surface area contributed by atoms with E-state index >= 15 is 0 Å². The minimum absolute atomic E-state index is 0.925. The molecule has 0 saturated heterocycles. The van der Waals surface area contributed by atoms with Crippen LogP contribution >= 0.6 is 0 Å². The number of hydrogen-bond donors (Lipinski definition) is 0. The minimum Gasteiger partial charge on any atom is -0.350 e. The summed E-state index contributed by atoms with van der Waals surface area (Å²) in [5, 5.41) is 1.28. The number of hydrogen-bond acceptors (Lipinski definition) is 1. The highest BCUT2D eigenvalue weighted by Gasteiger charge is 2.25. The van der Waals surface area contributed by atoms with E-state index < -0.39 is 0 Å². The summed E-state index contributed by atoms with van der Waals surface area (Å²) < 4.78 is 2.17. The quantitative estimate of drug-likeness (QED) is 0.661. The van der Waals surface area contributed by atoms with E-state index in [9.17, 15) is 0 Å². The molecule has 0 N–H and O–H groups in total. The van der Waals surface area contributed by atoms with Crippen LogP contribution in [0.2, 0.25) is 0 Å². The second kappa shape index (κ2) is 4.77. The lowest BCUT2D eigenvalue weighted by atomic mass is 10.0. The molecule has 4 rings (SSSR count). The molecule has 3 aromatic rings. The molecule has 2 heteroatoms. The third kappa shape index (κ3) is 1.80. The zero-order chi connectivity index (χ0) is 15.3. The fourth-order valence-electron chi connectivity index (χ4n) is 3.49. The normalized spacial score (nSPS) is 13.9. The number of rotatable bonds is 2. The molecule has 2 aromatic carbocycles. The Morgan fingerprint density at radius 1 is 1.14 bits per heavy atom. The van der Waals surface area contributed by atoms with E-state index in [0.717, 1.165) is 18.7 Å². The molecule has 1 aliphatic rings. The lowest BCUT2D eigenvalue weighted by Gasteiger charge is -2.20. The molecule has 1 aromatic heterocycles. The van der Waals surface area contributed by atoms with Crippen LogP contribution in [0.4, 0.5) is 5.69 Å². The maximum Gasteiger partial charge on any atom is 0.0498 e. The molecule has 0 radical (unpaired) electrons. The Kier molecular flexibility index (Phi) is 2.86. The van der Waals surface area contributed by atoms with Crippen LogP contribution < -0.4 is 4.90 Å². The Bertz CT molecular complexity index is 886. The van der Waals surface area contributed by atoms with Crippen molar-refractivity contribution < 1.29 is 0 Å². The van der Waals surface area contributed by atoms with E-state index in [4.69, 9.17) is 0 Å². The lowest BCUT2D eigenvalue weighted by molar-refractivity contribution is 0.965. The van der Waals surface area contributed by atoms with Gasteiger partial charge in [-0.05, 0) is 41.1 Å². The second-order valence-corrected chi connectivity index (χ2v) is 6.00. The average molecular weight is 288 g/mol. The number of benzene rings is 2. The molecular weight excluding hydrogens is 268 g/mol. The maximum absolute atomic E-state index is 4.34. The summed E-state index contributed by atoms with van der Waals surface area (Å²) in [7, 11) is 2.09. The molecule has 0 aliphatic carbocycles. The molecule has 2 nitrogen and oxygen atoms in total. The summed E-state index contributed by atoms with van der Waals surface area (Å²) in [6, 6.07) is 15.4. The second-order valence-electron chi connectivity index (χ2n) is 6.00. The predicted molar refractivity (Wildman–Crippen MR) is 94.0 cm³/mol. The van der Waals surface area contributed by atoms with Gasteiger partial charge in [-0.2, -0.15) is 0 Å². The van der Waals surface area contributed by atoms with Crippen LogP contribution in [-0.2, 0) is 20.0 Å². The van der Waals surface area contributed by atoms with Crippen molar-refractivity contribution in [2.24, 2.45) is 7.05 Å². The number of fused-ring (bicyclic) bond motifs is 2. The van der Waals surface area contributed by atoms with Gasteiger partial charge in [0.2, 0.25) is 0 Å². The zero-order valence-corrected chi connectivity index (χ0v) is 13.1. The topological polar surface area (TPSA) is 8.17 Å². The van der Waals surface area contributed by atoms with Gasteiger partial charge in [0.15, 0.2) is 0 Å². The lowest BCUT2D eigenvalue weighted by Crippen LogP contribution is -2.13. The Morgan fingerprint density at radius 3 is 2.82 bits per heavy atom. The predicted octanol–water partition coefficient (Wildman–Crippen LogP) is 4.73. The maximum atomic E-state index is 4.34. The molecule has 1 aliphatic heterocycles. The first-order valence-electron chi connectivity index (χ1n) is 7.81. The molecule has 0 atom stereocenters. The Hall–Kier alpha value is -2.48. The van der Waals surface area contributed by atoms with Gasteiger partial charge in [-0.15, -0.1) is 0 Å². The van der Waals surface area contributed by atoms with Gasteiger partial charge in [0.1, 0.15) is 0 Å². The smallest absolute Gasteiger partial charge is 0.0498 e. The molecule has 0 saturated carbocycles. The van der Waals surface area contributed by atoms with Crippen LogP contribution in [0.25, 0.3) is 16.6 Å². The van der Waals surface area contributed by atoms with Gasteiger partial charge in [0, 0.05) is 42.3 Å². The number of aromatic nitrogens is 1. The molecule has 0 unspecified atom stereocenters. The first-order chi connectivity index (χ1) is 10.7. The van der Waals surface area contributed by atoms with Gasteiger partial charge >= 0.3 is 0 Å². The zero-order valence-electron chi connectivity index (χ0n) is 13.1. The standard InChI is InChI=1S/C20H20N2/c1-4-15-6-5-7-18-14(2)22(13-19(15)18)17-9-8-16-10-11-21(3)20(16)12-17/h5-12H,2,4,13H2,1,3H3. The van der Waals surface area contributed by atoms with E-state index in [1.165, 1.54) is 33.3 Å². The summed E-state index contributed by atoms with van der Waals surface area (Å²) in [5.41, 5.74) is 7.75.